The van der Waals surface area contributed by atoms with Crippen molar-refractivity contribution in [2.24, 2.45) is 0 Å². The average Bonchev–Trinajstić information content (AvgIpc) is 2.48. The first kappa shape index (κ1) is 15.3. The van der Waals surface area contributed by atoms with E-state index in [9.17, 15) is 13.2 Å². The summed E-state index contributed by atoms with van der Waals surface area (Å²) in [5, 5.41) is 0. The molecule has 2 rings (SSSR count). The van der Waals surface area contributed by atoms with Gasteiger partial charge in [-0.3, -0.25) is 4.79 Å². The summed E-state index contributed by atoms with van der Waals surface area (Å²) >= 11 is 0. The molecule has 0 bridgehead atoms. The number of anilines is 1. The molecular formula is C16H17NO3S. The lowest BCUT2D eigenvalue weighted by Gasteiger charge is -2.21. The van der Waals surface area contributed by atoms with E-state index in [1.165, 1.54) is 12.1 Å². The number of carbonyl (C=O) groups excluding carboxylic acids is 1. The summed E-state index contributed by atoms with van der Waals surface area (Å²) in [7, 11) is -3.33. The first-order valence-corrected chi connectivity index (χ1v) is 8.49. The first-order valence-electron chi connectivity index (χ1n) is 6.60. The Morgan fingerprint density at radius 1 is 1.05 bits per heavy atom. The predicted molar refractivity (Wildman–Crippen MR) is 83.3 cm³/mol. The third-order valence-electron chi connectivity index (χ3n) is 3.14. The Labute approximate surface area is 124 Å². The van der Waals surface area contributed by atoms with Crippen LogP contribution in [-0.2, 0) is 9.84 Å². The van der Waals surface area contributed by atoms with E-state index < -0.39 is 9.84 Å². The maximum Gasteiger partial charge on any atom is 0.258 e. The van der Waals surface area contributed by atoms with Gasteiger partial charge in [0, 0.05) is 24.1 Å². The van der Waals surface area contributed by atoms with Gasteiger partial charge in [-0.05, 0) is 37.3 Å². The average molecular weight is 303 g/mol. The van der Waals surface area contributed by atoms with Crippen LogP contribution in [0.3, 0.4) is 0 Å². The lowest BCUT2D eigenvalue weighted by atomic mass is 10.2. The Morgan fingerprint density at radius 3 is 2.29 bits per heavy atom. The lowest BCUT2D eigenvalue weighted by molar-refractivity contribution is 0.0988. The van der Waals surface area contributed by atoms with E-state index in [0.29, 0.717) is 12.1 Å². The second-order valence-corrected chi connectivity index (χ2v) is 6.70. The fourth-order valence-electron chi connectivity index (χ4n) is 2.07. The molecule has 0 aliphatic rings. The Kier molecular flexibility index (Phi) is 4.43. The van der Waals surface area contributed by atoms with Crippen LogP contribution in [0, 0.1) is 0 Å². The summed E-state index contributed by atoms with van der Waals surface area (Å²) in [6.07, 6.45) is 1.13. The molecule has 21 heavy (non-hydrogen) atoms. The minimum atomic E-state index is -3.33. The summed E-state index contributed by atoms with van der Waals surface area (Å²) in [4.78, 5) is 14.3. The predicted octanol–water partition coefficient (Wildman–Crippen LogP) is 2.76. The van der Waals surface area contributed by atoms with Gasteiger partial charge in [0.2, 0.25) is 0 Å². The Morgan fingerprint density at radius 2 is 1.71 bits per heavy atom. The number of amides is 1. The molecule has 0 spiro atoms. The Bertz CT molecular complexity index is 739. The van der Waals surface area contributed by atoms with Crippen LogP contribution < -0.4 is 4.90 Å². The molecule has 5 heteroatoms. The topological polar surface area (TPSA) is 54.5 Å². The van der Waals surface area contributed by atoms with Gasteiger partial charge in [-0.2, -0.15) is 0 Å². The monoisotopic (exact) mass is 303 g/mol. The number of rotatable bonds is 4. The number of nitrogens with zero attached hydrogens (tertiary/aromatic N) is 1. The van der Waals surface area contributed by atoms with Crippen LogP contribution in [0.1, 0.15) is 17.3 Å². The number of sulfone groups is 1. The summed E-state index contributed by atoms with van der Waals surface area (Å²) < 4.78 is 23.2. The molecule has 0 aliphatic carbocycles. The first-order chi connectivity index (χ1) is 9.93. The molecule has 0 atom stereocenters. The fourth-order valence-corrected chi connectivity index (χ4v) is 2.73. The van der Waals surface area contributed by atoms with Crippen LogP contribution in [0.2, 0.25) is 0 Å². The van der Waals surface area contributed by atoms with Crippen molar-refractivity contribution in [3.05, 3.63) is 60.2 Å². The smallest absolute Gasteiger partial charge is 0.258 e. The van der Waals surface area contributed by atoms with E-state index >= 15 is 0 Å². The van der Waals surface area contributed by atoms with Crippen molar-refractivity contribution in [1.82, 2.24) is 0 Å². The quantitative estimate of drug-likeness (QED) is 0.872. The van der Waals surface area contributed by atoms with Crippen LogP contribution in [-0.4, -0.2) is 27.1 Å². The molecule has 0 saturated heterocycles. The molecule has 0 radical (unpaired) electrons. The summed E-state index contributed by atoms with van der Waals surface area (Å²) in [6.45, 7) is 2.39. The van der Waals surface area contributed by atoms with Gasteiger partial charge in [-0.1, -0.05) is 24.3 Å². The van der Waals surface area contributed by atoms with E-state index in [1.54, 1.807) is 17.0 Å². The van der Waals surface area contributed by atoms with Crippen LogP contribution in [0.5, 0.6) is 0 Å². The normalized spacial score (nSPS) is 11.1. The molecule has 0 unspecified atom stereocenters. The summed E-state index contributed by atoms with van der Waals surface area (Å²) in [6, 6.07) is 15.4. The van der Waals surface area contributed by atoms with E-state index in [4.69, 9.17) is 0 Å². The van der Waals surface area contributed by atoms with Gasteiger partial charge in [0.15, 0.2) is 9.84 Å². The number of hydrogen-bond donors (Lipinski definition) is 0. The SMILES string of the molecule is CCN(C(=O)c1cccc(S(C)(=O)=O)c1)c1ccccc1. The van der Waals surface area contributed by atoms with Crippen LogP contribution >= 0.6 is 0 Å². The minimum Gasteiger partial charge on any atom is -0.309 e. The maximum atomic E-state index is 12.6. The van der Waals surface area contributed by atoms with Crippen molar-refractivity contribution in [2.45, 2.75) is 11.8 Å². The second-order valence-electron chi connectivity index (χ2n) is 4.68. The Hall–Kier alpha value is -2.14. The van der Waals surface area contributed by atoms with Crippen molar-refractivity contribution in [2.75, 3.05) is 17.7 Å². The zero-order chi connectivity index (χ0) is 15.5. The van der Waals surface area contributed by atoms with Gasteiger partial charge in [0.25, 0.3) is 5.91 Å². The number of carbonyl (C=O) groups is 1. The van der Waals surface area contributed by atoms with Gasteiger partial charge in [0.05, 0.1) is 4.90 Å². The molecule has 0 N–H and O–H groups in total. The zero-order valence-electron chi connectivity index (χ0n) is 12.0. The highest BCUT2D eigenvalue weighted by atomic mass is 32.2. The summed E-state index contributed by atoms with van der Waals surface area (Å²) in [5.41, 5.74) is 1.15. The van der Waals surface area contributed by atoms with Crippen molar-refractivity contribution in [3.63, 3.8) is 0 Å². The largest absolute Gasteiger partial charge is 0.309 e. The lowest BCUT2D eigenvalue weighted by Crippen LogP contribution is -2.30. The van der Waals surface area contributed by atoms with E-state index in [2.05, 4.69) is 0 Å². The van der Waals surface area contributed by atoms with Gasteiger partial charge >= 0.3 is 0 Å². The third kappa shape index (κ3) is 3.49. The second kappa shape index (κ2) is 6.10. The molecule has 110 valence electrons. The molecular weight excluding hydrogens is 286 g/mol. The molecule has 1 amide bonds. The van der Waals surface area contributed by atoms with Gasteiger partial charge in [0.1, 0.15) is 0 Å². The highest BCUT2D eigenvalue weighted by Gasteiger charge is 2.17. The van der Waals surface area contributed by atoms with Crippen LogP contribution in [0.15, 0.2) is 59.5 Å². The van der Waals surface area contributed by atoms with E-state index in [-0.39, 0.29) is 10.8 Å². The van der Waals surface area contributed by atoms with E-state index in [0.717, 1.165) is 11.9 Å². The molecule has 2 aromatic carbocycles. The molecule has 2 aromatic rings. The van der Waals surface area contributed by atoms with Gasteiger partial charge in [-0.25, -0.2) is 8.42 Å². The highest BCUT2D eigenvalue weighted by Crippen LogP contribution is 2.18. The van der Waals surface area contributed by atoms with Crippen molar-refractivity contribution >= 4 is 21.4 Å². The molecule has 0 heterocycles. The Balaban J connectivity index is 2.39. The van der Waals surface area contributed by atoms with Crippen LogP contribution in [0.4, 0.5) is 5.69 Å². The van der Waals surface area contributed by atoms with Crippen LogP contribution in [0.25, 0.3) is 0 Å². The van der Waals surface area contributed by atoms with Gasteiger partial charge < -0.3 is 4.90 Å². The molecule has 0 aliphatic heterocycles. The van der Waals surface area contributed by atoms with Crippen molar-refractivity contribution in [1.29, 1.82) is 0 Å². The highest BCUT2D eigenvalue weighted by molar-refractivity contribution is 7.90. The fraction of sp³-hybridized carbons (Fsp3) is 0.188. The van der Waals surface area contributed by atoms with Gasteiger partial charge in [-0.15, -0.1) is 0 Å². The maximum absolute atomic E-state index is 12.6. The molecule has 0 saturated carbocycles. The number of hydrogen-bond acceptors (Lipinski definition) is 3. The minimum absolute atomic E-state index is 0.150. The summed E-state index contributed by atoms with van der Waals surface area (Å²) in [5.74, 6) is -0.214. The third-order valence-corrected chi connectivity index (χ3v) is 4.25. The zero-order valence-corrected chi connectivity index (χ0v) is 12.8. The molecule has 0 fully saturated rings. The molecule has 0 aromatic heterocycles. The number of benzene rings is 2. The molecule has 4 nitrogen and oxygen atoms in total. The number of para-hydroxylation sites is 1. The van der Waals surface area contributed by atoms with E-state index in [1.807, 2.05) is 37.3 Å². The van der Waals surface area contributed by atoms with Crippen molar-refractivity contribution < 1.29 is 13.2 Å². The van der Waals surface area contributed by atoms with Crippen molar-refractivity contribution in [3.8, 4) is 0 Å². The standard InChI is InChI=1S/C16H17NO3S/c1-3-17(14-9-5-4-6-10-14)16(18)13-8-7-11-15(12-13)21(2,19)20/h4-12H,3H2,1-2H3.